The molecule has 4 heteroatoms. The van der Waals surface area contributed by atoms with E-state index in [4.69, 9.17) is 14.5 Å². The van der Waals surface area contributed by atoms with E-state index < -0.39 is 12.1 Å². The van der Waals surface area contributed by atoms with Crippen LogP contribution in [0.15, 0.2) is 54.6 Å². The third kappa shape index (κ3) is 2.44. The third-order valence-corrected chi connectivity index (χ3v) is 2.87. The molecule has 0 bridgehead atoms. The van der Waals surface area contributed by atoms with Gasteiger partial charge in [-0.3, -0.25) is 0 Å². The standard InChI is InChI=1S/C15H12O4/c16-15(17-10-11-6-2-1-3-7-11)14-12-8-4-5-9-13(12)18-19-14/h1-9,14H,10H2. The molecule has 0 spiro atoms. The fraction of sp³-hybridized carbons (Fsp3) is 0.133. The second kappa shape index (κ2) is 5.12. The van der Waals surface area contributed by atoms with Crippen LogP contribution in [0.2, 0.25) is 0 Å². The molecule has 0 aromatic heterocycles. The van der Waals surface area contributed by atoms with Gasteiger partial charge in [-0.15, -0.1) is 0 Å². The van der Waals surface area contributed by atoms with Gasteiger partial charge in [0.1, 0.15) is 6.61 Å². The molecular weight excluding hydrogens is 244 g/mol. The summed E-state index contributed by atoms with van der Waals surface area (Å²) >= 11 is 0. The fourth-order valence-electron chi connectivity index (χ4n) is 1.90. The fourth-order valence-corrected chi connectivity index (χ4v) is 1.90. The maximum absolute atomic E-state index is 12.0. The van der Waals surface area contributed by atoms with Crippen LogP contribution in [0.1, 0.15) is 17.2 Å². The zero-order valence-corrected chi connectivity index (χ0v) is 10.1. The number of para-hydroxylation sites is 1. The lowest BCUT2D eigenvalue weighted by atomic mass is 10.1. The lowest BCUT2D eigenvalue weighted by Crippen LogP contribution is -2.15. The molecule has 0 radical (unpaired) electrons. The molecule has 1 heterocycles. The van der Waals surface area contributed by atoms with Gasteiger partial charge in [0.15, 0.2) is 5.75 Å². The zero-order chi connectivity index (χ0) is 13.1. The minimum Gasteiger partial charge on any atom is -0.459 e. The normalized spacial score (nSPS) is 16.5. The molecular formula is C15H12O4. The highest BCUT2D eigenvalue weighted by atomic mass is 17.2. The first-order valence-corrected chi connectivity index (χ1v) is 5.97. The number of fused-ring (bicyclic) bond motifs is 1. The van der Waals surface area contributed by atoms with Gasteiger partial charge >= 0.3 is 5.97 Å². The van der Waals surface area contributed by atoms with Gasteiger partial charge < -0.3 is 9.62 Å². The first-order valence-electron chi connectivity index (χ1n) is 5.97. The van der Waals surface area contributed by atoms with Crippen molar-refractivity contribution in [2.45, 2.75) is 12.7 Å². The third-order valence-electron chi connectivity index (χ3n) is 2.87. The molecule has 0 amide bonds. The van der Waals surface area contributed by atoms with E-state index in [2.05, 4.69) is 0 Å². The first-order chi connectivity index (χ1) is 9.34. The molecule has 1 atom stereocenters. The second-order valence-electron chi connectivity index (χ2n) is 4.19. The van der Waals surface area contributed by atoms with Gasteiger partial charge in [-0.1, -0.05) is 48.5 Å². The van der Waals surface area contributed by atoms with Gasteiger partial charge in [0, 0.05) is 5.56 Å². The number of rotatable bonds is 3. The molecule has 1 unspecified atom stereocenters. The summed E-state index contributed by atoms with van der Waals surface area (Å²) in [7, 11) is 0. The molecule has 1 aliphatic rings. The minimum atomic E-state index is -0.806. The number of carbonyl (C=O) groups excluding carboxylic acids is 1. The van der Waals surface area contributed by atoms with E-state index in [0.717, 1.165) is 5.56 Å². The van der Waals surface area contributed by atoms with E-state index in [0.29, 0.717) is 11.3 Å². The Morgan fingerprint density at radius 3 is 2.63 bits per heavy atom. The van der Waals surface area contributed by atoms with E-state index >= 15 is 0 Å². The molecule has 0 saturated heterocycles. The van der Waals surface area contributed by atoms with Crippen molar-refractivity contribution >= 4 is 5.97 Å². The number of hydrogen-bond acceptors (Lipinski definition) is 4. The summed E-state index contributed by atoms with van der Waals surface area (Å²) in [6, 6.07) is 16.7. The van der Waals surface area contributed by atoms with Crippen LogP contribution >= 0.6 is 0 Å². The molecule has 0 fully saturated rings. The number of hydrogen-bond donors (Lipinski definition) is 0. The SMILES string of the molecule is O=C(OCc1ccccc1)C1OOc2ccccc21. The monoisotopic (exact) mass is 256 g/mol. The summed E-state index contributed by atoms with van der Waals surface area (Å²) in [4.78, 5) is 21.9. The molecule has 96 valence electrons. The molecule has 0 saturated carbocycles. The van der Waals surface area contributed by atoms with E-state index in [1.165, 1.54) is 0 Å². The highest BCUT2D eigenvalue weighted by Crippen LogP contribution is 2.35. The van der Waals surface area contributed by atoms with Gasteiger partial charge in [0.05, 0.1) is 0 Å². The summed E-state index contributed by atoms with van der Waals surface area (Å²) < 4.78 is 5.22. The van der Waals surface area contributed by atoms with Crippen LogP contribution in [-0.2, 0) is 21.0 Å². The highest BCUT2D eigenvalue weighted by Gasteiger charge is 2.33. The predicted molar refractivity (Wildman–Crippen MR) is 67.1 cm³/mol. The number of ether oxygens (including phenoxy) is 1. The van der Waals surface area contributed by atoms with Crippen LogP contribution < -0.4 is 4.89 Å². The van der Waals surface area contributed by atoms with Crippen molar-refractivity contribution in [2.75, 3.05) is 0 Å². The van der Waals surface area contributed by atoms with E-state index in [1.54, 1.807) is 12.1 Å². The Kier molecular flexibility index (Phi) is 3.16. The van der Waals surface area contributed by atoms with Crippen molar-refractivity contribution < 1.29 is 19.3 Å². The van der Waals surface area contributed by atoms with Crippen molar-refractivity contribution in [3.63, 3.8) is 0 Å². The molecule has 2 aromatic rings. The van der Waals surface area contributed by atoms with Gasteiger partial charge in [-0.05, 0) is 11.6 Å². The topological polar surface area (TPSA) is 44.8 Å². The van der Waals surface area contributed by atoms with Gasteiger partial charge in [0.25, 0.3) is 0 Å². The molecule has 4 nitrogen and oxygen atoms in total. The highest BCUT2D eigenvalue weighted by molar-refractivity contribution is 5.78. The Labute approximate surface area is 110 Å². The van der Waals surface area contributed by atoms with Gasteiger partial charge in [-0.2, -0.15) is 4.89 Å². The van der Waals surface area contributed by atoms with Crippen molar-refractivity contribution in [2.24, 2.45) is 0 Å². The Bertz CT molecular complexity index is 580. The molecule has 3 rings (SSSR count). The second-order valence-corrected chi connectivity index (χ2v) is 4.19. The van der Waals surface area contributed by atoms with E-state index in [9.17, 15) is 4.79 Å². The van der Waals surface area contributed by atoms with E-state index in [1.807, 2.05) is 42.5 Å². The molecule has 1 aliphatic heterocycles. The summed E-state index contributed by atoms with van der Waals surface area (Å²) in [5.41, 5.74) is 1.63. The maximum atomic E-state index is 12.0. The van der Waals surface area contributed by atoms with Crippen LogP contribution in [0.4, 0.5) is 0 Å². The number of benzene rings is 2. The van der Waals surface area contributed by atoms with Crippen molar-refractivity contribution in [1.29, 1.82) is 0 Å². The summed E-state index contributed by atoms with van der Waals surface area (Å²) in [6.45, 7) is 0.224. The predicted octanol–water partition coefficient (Wildman–Crippen LogP) is 2.80. The first kappa shape index (κ1) is 11.7. The van der Waals surface area contributed by atoms with Gasteiger partial charge in [0.2, 0.25) is 6.10 Å². The molecule has 2 aromatic carbocycles. The van der Waals surface area contributed by atoms with Crippen molar-refractivity contribution in [3.05, 3.63) is 65.7 Å². The molecule has 19 heavy (non-hydrogen) atoms. The Morgan fingerprint density at radius 1 is 1.05 bits per heavy atom. The quantitative estimate of drug-likeness (QED) is 0.625. The smallest absolute Gasteiger partial charge is 0.344 e. The average Bonchev–Trinajstić information content (AvgIpc) is 2.90. The lowest BCUT2D eigenvalue weighted by molar-refractivity contribution is -0.232. The van der Waals surface area contributed by atoms with Crippen LogP contribution in [-0.4, -0.2) is 5.97 Å². The number of carbonyl (C=O) groups is 1. The Hall–Kier alpha value is -2.33. The minimum absolute atomic E-state index is 0.224. The van der Waals surface area contributed by atoms with Crippen molar-refractivity contribution in [1.82, 2.24) is 0 Å². The summed E-state index contributed by atoms with van der Waals surface area (Å²) in [6.07, 6.45) is -0.806. The zero-order valence-electron chi connectivity index (χ0n) is 10.1. The van der Waals surface area contributed by atoms with Crippen LogP contribution in [0.3, 0.4) is 0 Å². The number of esters is 1. The van der Waals surface area contributed by atoms with Gasteiger partial charge in [-0.25, -0.2) is 4.79 Å². The molecule has 0 N–H and O–H groups in total. The Balaban J connectivity index is 1.66. The largest absolute Gasteiger partial charge is 0.459 e. The van der Waals surface area contributed by atoms with Crippen LogP contribution in [0.25, 0.3) is 0 Å². The summed E-state index contributed by atoms with van der Waals surface area (Å²) in [5, 5.41) is 0. The lowest BCUT2D eigenvalue weighted by Gasteiger charge is -2.08. The van der Waals surface area contributed by atoms with Crippen molar-refractivity contribution in [3.8, 4) is 5.75 Å². The van der Waals surface area contributed by atoms with Crippen LogP contribution in [0, 0.1) is 0 Å². The Morgan fingerprint density at radius 2 is 1.79 bits per heavy atom. The summed E-state index contributed by atoms with van der Waals surface area (Å²) in [5.74, 6) is 0.109. The maximum Gasteiger partial charge on any atom is 0.344 e. The van der Waals surface area contributed by atoms with E-state index in [-0.39, 0.29) is 6.61 Å². The average molecular weight is 256 g/mol. The van der Waals surface area contributed by atoms with Crippen LogP contribution in [0.5, 0.6) is 5.75 Å². The molecule has 0 aliphatic carbocycles.